The molecule has 2 saturated heterocycles. The van der Waals surface area contributed by atoms with Crippen LogP contribution in [0, 0.1) is 25.6 Å². The minimum Gasteiger partial charge on any atom is -0.335 e. The zero-order valence-electron chi connectivity index (χ0n) is 18.1. The summed E-state index contributed by atoms with van der Waals surface area (Å²) in [5, 5.41) is 0. The van der Waals surface area contributed by atoms with Crippen molar-refractivity contribution in [3.63, 3.8) is 0 Å². The molecule has 0 radical (unpaired) electrons. The van der Waals surface area contributed by atoms with E-state index in [1.807, 2.05) is 24.8 Å². The number of amides is 1. The summed E-state index contributed by atoms with van der Waals surface area (Å²) in [6, 6.07) is 11.6. The molecule has 2 aliphatic rings. The van der Waals surface area contributed by atoms with Crippen LogP contribution in [0.3, 0.4) is 0 Å². The first-order chi connectivity index (χ1) is 14.8. The average molecular weight is 445 g/mol. The van der Waals surface area contributed by atoms with Gasteiger partial charge in [0.25, 0.3) is 0 Å². The van der Waals surface area contributed by atoms with E-state index in [0.717, 1.165) is 29.5 Å². The van der Waals surface area contributed by atoms with Gasteiger partial charge in [0.2, 0.25) is 15.9 Å². The number of aryl methyl sites for hydroxylation is 2. The first kappa shape index (κ1) is 22.0. The summed E-state index contributed by atoms with van der Waals surface area (Å²) in [7, 11) is -3.55. The van der Waals surface area contributed by atoms with Gasteiger partial charge in [-0.15, -0.1) is 0 Å². The molecule has 0 N–H and O–H groups in total. The number of halogens is 1. The molecule has 1 amide bonds. The zero-order valence-corrected chi connectivity index (χ0v) is 18.9. The molecule has 0 bridgehead atoms. The third kappa shape index (κ3) is 4.39. The van der Waals surface area contributed by atoms with Gasteiger partial charge in [0.05, 0.1) is 10.9 Å². The Kier molecular flexibility index (Phi) is 6.17. The molecule has 0 aliphatic carbocycles. The Morgan fingerprint density at radius 3 is 2.26 bits per heavy atom. The number of carbonyl (C=O) groups excluding carboxylic acids is 1. The van der Waals surface area contributed by atoms with Crippen LogP contribution in [-0.4, -0.2) is 43.2 Å². The van der Waals surface area contributed by atoms with E-state index in [-0.39, 0.29) is 23.7 Å². The molecule has 1 atom stereocenters. The number of benzene rings is 2. The number of carbonyl (C=O) groups is 1. The van der Waals surface area contributed by atoms with Crippen LogP contribution >= 0.6 is 0 Å². The summed E-state index contributed by atoms with van der Waals surface area (Å²) >= 11 is 0. The highest BCUT2D eigenvalue weighted by atomic mass is 32.2. The molecule has 2 heterocycles. The second-order valence-corrected chi connectivity index (χ2v) is 10.6. The van der Waals surface area contributed by atoms with Gasteiger partial charge in [0.1, 0.15) is 5.82 Å². The fourth-order valence-electron chi connectivity index (χ4n) is 4.66. The summed E-state index contributed by atoms with van der Waals surface area (Å²) in [6.07, 6.45) is 2.84. The Balaban J connectivity index is 1.42. The summed E-state index contributed by atoms with van der Waals surface area (Å²) in [5.41, 5.74) is 2.97. The van der Waals surface area contributed by atoms with Crippen molar-refractivity contribution in [2.75, 3.05) is 19.6 Å². The van der Waals surface area contributed by atoms with Gasteiger partial charge in [0, 0.05) is 25.6 Å². The van der Waals surface area contributed by atoms with Crippen LogP contribution in [0.5, 0.6) is 0 Å². The Labute approximate surface area is 183 Å². The van der Waals surface area contributed by atoms with Crippen molar-refractivity contribution < 1.29 is 17.6 Å². The SMILES string of the molecule is Cc1ccc(S(=O)(=O)N2CCC(C(=O)N3CCC[C@H]3c3ccc(F)cc3)CC2)cc1C. The molecule has 2 aliphatic heterocycles. The van der Waals surface area contributed by atoms with E-state index in [4.69, 9.17) is 0 Å². The molecule has 5 nitrogen and oxygen atoms in total. The maximum absolute atomic E-state index is 13.3. The molecule has 0 spiro atoms. The molecule has 0 unspecified atom stereocenters. The maximum Gasteiger partial charge on any atom is 0.243 e. The van der Waals surface area contributed by atoms with Crippen molar-refractivity contribution in [3.8, 4) is 0 Å². The lowest BCUT2D eigenvalue weighted by atomic mass is 9.95. The second-order valence-electron chi connectivity index (χ2n) is 8.67. The first-order valence-electron chi connectivity index (χ1n) is 10.9. The molecule has 7 heteroatoms. The number of nitrogens with zero attached hydrogens (tertiary/aromatic N) is 2. The van der Waals surface area contributed by atoms with Crippen LogP contribution in [0.4, 0.5) is 4.39 Å². The van der Waals surface area contributed by atoms with Gasteiger partial charge in [-0.3, -0.25) is 4.79 Å². The zero-order chi connectivity index (χ0) is 22.2. The van der Waals surface area contributed by atoms with Gasteiger partial charge >= 0.3 is 0 Å². The van der Waals surface area contributed by atoms with E-state index in [9.17, 15) is 17.6 Å². The second kappa shape index (κ2) is 8.71. The predicted octanol–water partition coefficient (Wildman–Crippen LogP) is 4.21. The molecule has 2 aromatic carbocycles. The predicted molar refractivity (Wildman–Crippen MR) is 117 cm³/mol. The van der Waals surface area contributed by atoms with Gasteiger partial charge in [-0.1, -0.05) is 18.2 Å². The van der Waals surface area contributed by atoms with Crippen LogP contribution in [-0.2, 0) is 14.8 Å². The van der Waals surface area contributed by atoms with Gasteiger partial charge in [0.15, 0.2) is 0 Å². The largest absolute Gasteiger partial charge is 0.335 e. The van der Waals surface area contributed by atoms with E-state index in [1.54, 1.807) is 24.3 Å². The van der Waals surface area contributed by atoms with E-state index < -0.39 is 10.0 Å². The molecule has 0 aromatic heterocycles. The number of likely N-dealkylation sites (tertiary alicyclic amines) is 1. The average Bonchev–Trinajstić information content (AvgIpc) is 3.25. The van der Waals surface area contributed by atoms with E-state index in [0.29, 0.717) is 37.4 Å². The molecular formula is C24H29FN2O3S. The third-order valence-corrected chi connectivity index (χ3v) is 8.60. The smallest absolute Gasteiger partial charge is 0.243 e. The molecule has 31 heavy (non-hydrogen) atoms. The standard InChI is InChI=1S/C24H29FN2O3S/c1-17-5-10-22(16-18(17)2)31(29,30)26-14-11-20(12-15-26)24(28)27-13-3-4-23(27)19-6-8-21(25)9-7-19/h5-10,16,20,23H,3-4,11-15H2,1-2H3/t23-/m0/s1. The van der Waals surface area contributed by atoms with Crippen molar-refractivity contribution in [1.82, 2.24) is 9.21 Å². The lowest BCUT2D eigenvalue weighted by Crippen LogP contribution is -2.44. The number of hydrogen-bond donors (Lipinski definition) is 0. The molecular weight excluding hydrogens is 415 g/mol. The number of sulfonamides is 1. The fraction of sp³-hybridized carbons (Fsp3) is 0.458. The van der Waals surface area contributed by atoms with E-state index in [2.05, 4.69) is 0 Å². The summed E-state index contributed by atoms with van der Waals surface area (Å²) in [4.78, 5) is 15.5. The summed E-state index contributed by atoms with van der Waals surface area (Å²) in [6.45, 7) is 5.26. The highest BCUT2D eigenvalue weighted by molar-refractivity contribution is 7.89. The van der Waals surface area contributed by atoms with Gasteiger partial charge < -0.3 is 4.90 Å². The fourth-order valence-corrected chi connectivity index (χ4v) is 6.22. The molecule has 2 fully saturated rings. The normalized spacial score (nSPS) is 20.9. The van der Waals surface area contributed by atoms with Crippen LogP contribution in [0.25, 0.3) is 0 Å². The number of piperidine rings is 1. The highest BCUT2D eigenvalue weighted by Gasteiger charge is 2.37. The summed E-state index contributed by atoms with van der Waals surface area (Å²) < 4.78 is 40.9. The van der Waals surface area contributed by atoms with Crippen molar-refractivity contribution in [2.45, 2.75) is 50.5 Å². The minimum atomic E-state index is -3.55. The highest BCUT2D eigenvalue weighted by Crippen LogP contribution is 2.35. The Hall–Kier alpha value is -2.25. The number of hydrogen-bond acceptors (Lipinski definition) is 3. The monoisotopic (exact) mass is 444 g/mol. The van der Waals surface area contributed by atoms with Gasteiger partial charge in [-0.2, -0.15) is 4.31 Å². The van der Waals surface area contributed by atoms with E-state index in [1.165, 1.54) is 16.4 Å². The van der Waals surface area contributed by atoms with Crippen LogP contribution in [0.15, 0.2) is 47.4 Å². The molecule has 4 rings (SSSR count). The maximum atomic E-state index is 13.3. The minimum absolute atomic E-state index is 0.0228. The molecule has 0 saturated carbocycles. The van der Waals surface area contributed by atoms with Crippen LogP contribution in [0.1, 0.15) is 48.4 Å². The van der Waals surface area contributed by atoms with Crippen molar-refractivity contribution in [3.05, 3.63) is 65.0 Å². The lowest BCUT2D eigenvalue weighted by Gasteiger charge is -2.34. The van der Waals surface area contributed by atoms with Gasteiger partial charge in [-0.05, 0) is 80.5 Å². The van der Waals surface area contributed by atoms with Crippen molar-refractivity contribution >= 4 is 15.9 Å². The van der Waals surface area contributed by atoms with Crippen molar-refractivity contribution in [1.29, 1.82) is 0 Å². The van der Waals surface area contributed by atoms with Crippen LogP contribution < -0.4 is 0 Å². The Morgan fingerprint density at radius 1 is 0.935 bits per heavy atom. The number of rotatable bonds is 4. The van der Waals surface area contributed by atoms with E-state index >= 15 is 0 Å². The quantitative estimate of drug-likeness (QED) is 0.710. The Bertz CT molecular complexity index is 1060. The molecule has 166 valence electrons. The van der Waals surface area contributed by atoms with Gasteiger partial charge in [-0.25, -0.2) is 12.8 Å². The topological polar surface area (TPSA) is 57.7 Å². The lowest BCUT2D eigenvalue weighted by molar-refractivity contribution is -0.137. The Morgan fingerprint density at radius 2 is 1.61 bits per heavy atom. The first-order valence-corrected chi connectivity index (χ1v) is 12.3. The van der Waals surface area contributed by atoms with Crippen molar-refractivity contribution in [2.24, 2.45) is 5.92 Å². The molecule has 2 aromatic rings. The third-order valence-electron chi connectivity index (χ3n) is 6.71. The van der Waals surface area contributed by atoms with Crippen LogP contribution in [0.2, 0.25) is 0 Å². The summed E-state index contributed by atoms with van der Waals surface area (Å²) in [5.74, 6) is -0.362.